The van der Waals surface area contributed by atoms with Gasteiger partial charge in [0.1, 0.15) is 13.2 Å². The molecule has 0 saturated heterocycles. The number of hydrogen-bond donors (Lipinski definition) is 0. The summed E-state index contributed by atoms with van der Waals surface area (Å²) in [6, 6.07) is 0. The summed E-state index contributed by atoms with van der Waals surface area (Å²) in [7, 11) is 0. The summed E-state index contributed by atoms with van der Waals surface area (Å²) in [5, 5.41) is 0. The molecule has 1 unspecified atom stereocenters. The fourth-order valence-corrected chi connectivity index (χ4v) is 7.85. The van der Waals surface area contributed by atoms with Crippen LogP contribution in [0.2, 0.25) is 0 Å². The summed E-state index contributed by atoms with van der Waals surface area (Å²) in [6.45, 7) is 6.33. The van der Waals surface area contributed by atoms with E-state index in [1.807, 2.05) is 0 Å². The zero-order valence-electron chi connectivity index (χ0n) is 46.7. The van der Waals surface area contributed by atoms with Crippen LogP contribution in [0.1, 0.15) is 258 Å². The topological polar surface area (TPSA) is 78.9 Å². The van der Waals surface area contributed by atoms with Crippen LogP contribution in [0.25, 0.3) is 0 Å². The zero-order valence-corrected chi connectivity index (χ0v) is 46.7. The average molecular weight is 998 g/mol. The molecular formula is C66H108O6. The van der Waals surface area contributed by atoms with Crippen molar-refractivity contribution in [3.63, 3.8) is 0 Å². The van der Waals surface area contributed by atoms with E-state index in [-0.39, 0.29) is 31.1 Å². The first-order valence-electron chi connectivity index (χ1n) is 29.5. The van der Waals surface area contributed by atoms with Crippen molar-refractivity contribution in [2.75, 3.05) is 13.2 Å². The van der Waals surface area contributed by atoms with Crippen molar-refractivity contribution in [3.05, 3.63) is 122 Å². The van der Waals surface area contributed by atoms with Crippen LogP contribution in [0.5, 0.6) is 0 Å². The Hall–Kier alpha value is -4.19. The molecule has 6 heteroatoms. The molecule has 6 nitrogen and oxygen atoms in total. The van der Waals surface area contributed by atoms with E-state index < -0.39 is 6.10 Å². The first kappa shape index (κ1) is 67.8. The lowest BCUT2D eigenvalue weighted by molar-refractivity contribution is -0.167. The molecule has 0 aliphatic carbocycles. The minimum atomic E-state index is -0.790. The van der Waals surface area contributed by atoms with Crippen molar-refractivity contribution >= 4 is 17.9 Å². The second-order valence-corrected chi connectivity index (χ2v) is 19.1. The largest absolute Gasteiger partial charge is 0.462 e. The van der Waals surface area contributed by atoms with Crippen LogP contribution in [0, 0.1) is 0 Å². The molecule has 0 heterocycles. The van der Waals surface area contributed by atoms with Gasteiger partial charge in [0.2, 0.25) is 0 Å². The predicted octanol–water partition coefficient (Wildman–Crippen LogP) is 20.0. The lowest BCUT2D eigenvalue weighted by Gasteiger charge is -2.18. The van der Waals surface area contributed by atoms with Gasteiger partial charge in [-0.2, -0.15) is 0 Å². The Morgan fingerprint density at radius 2 is 0.542 bits per heavy atom. The summed E-state index contributed by atoms with van der Waals surface area (Å²) >= 11 is 0. The molecule has 0 N–H and O–H groups in total. The highest BCUT2D eigenvalue weighted by Crippen LogP contribution is 2.15. The lowest BCUT2D eigenvalue weighted by Crippen LogP contribution is -2.30. The molecule has 72 heavy (non-hydrogen) atoms. The number of esters is 3. The highest BCUT2D eigenvalue weighted by atomic mass is 16.6. The van der Waals surface area contributed by atoms with Gasteiger partial charge in [-0.05, 0) is 109 Å². The number of allylic oxidation sites excluding steroid dienone is 20. The van der Waals surface area contributed by atoms with E-state index in [0.29, 0.717) is 19.3 Å². The first-order valence-corrected chi connectivity index (χ1v) is 29.5. The summed E-state index contributed by atoms with van der Waals surface area (Å²) < 4.78 is 16.8. The minimum absolute atomic E-state index is 0.0887. The van der Waals surface area contributed by atoms with Crippen molar-refractivity contribution in [3.8, 4) is 0 Å². The second kappa shape index (κ2) is 59.4. The molecule has 1 atom stereocenters. The number of carbonyl (C=O) groups is 3. The van der Waals surface area contributed by atoms with Crippen LogP contribution in [-0.4, -0.2) is 37.2 Å². The molecule has 408 valence electrons. The monoisotopic (exact) mass is 997 g/mol. The highest BCUT2D eigenvalue weighted by Gasteiger charge is 2.19. The molecule has 0 amide bonds. The van der Waals surface area contributed by atoms with Gasteiger partial charge in [0.15, 0.2) is 6.10 Å². The molecule has 0 fully saturated rings. The SMILES string of the molecule is CC/C=C\C/C=C\C/C=C\C/C=C\C/C=C\CCCCCCCCCCCCCC(=O)OCC(COC(=O)CCCCCCCC)OC(=O)CCCCCCC/C=C\C/C=C\C/C=C\C/C=C\C/C=C\CC. The van der Waals surface area contributed by atoms with E-state index >= 15 is 0 Å². The molecular weight excluding hydrogens is 889 g/mol. The highest BCUT2D eigenvalue weighted by molar-refractivity contribution is 5.71. The normalized spacial score (nSPS) is 13.0. The summed E-state index contributed by atoms with van der Waals surface area (Å²) in [6.07, 6.45) is 82.2. The molecule has 0 bridgehead atoms. The molecule has 0 aliphatic rings. The summed E-state index contributed by atoms with van der Waals surface area (Å²) in [5.41, 5.74) is 0. The third-order valence-electron chi connectivity index (χ3n) is 12.2. The van der Waals surface area contributed by atoms with E-state index in [9.17, 15) is 14.4 Å². The minimum Gasteiger partial charge on any atom is -0.462 e. The molecule has 0 aromatic rings. The van der Waals surface area contributed by atoms with Crippen LogP contribution >= 0.6 is 0 Å². The lowest BCUT2D eigenvalue weighted by atomic mass is 10.0. The van der Waals surface area contributed by atoms with Crippen LogP contribution < -0.4 is 0 Å². The van der Waals surface area contributed by atoms with Gasteiger partial charge in [0, 0.05) is 19.3 Å². The van der Waals surface area contributed by atoms with Gasteiger partial charge in [0.05, 0.1) is 0 Å². The molecule has 0 aromatic heterocycles. The number of hydrogen-bond acceptors (Lipinski definition) is 6. The maximum atomic E-state index is 12.8. The Bertz CT molecular complexity index is 1520. The predicted molar refractivity (Wildman–Crippen MR) is 311 cm³/mol. The number of unbranched alkanes of at least 4 members (excludes halogenated alkanes) is 21. The third-order valence-corrected chi connectivity index (χ3v) is 12.2. The van der Waals surface area contributed by atoms with Gasteiger partial charge < -0.3 is 14.2 Å². The van der Waals surface area contributed by atoms with E-state index in [0.717, 1.165) is 141 Å². The fraction of sp³-hybridized carbons (Fsp3) is 0.652. The van der Waals surface area contributed by atoms with Crippen molar-refractivity contribution in [2.45, 2.75) is 264 Å². The Morgan fingerprint density at radius 1 is 0.292 bits per heavy atom. The summed E-state index contributed by atoms with van der Waals surface area (Å²) in [5.74, 6) is -0.921. The Labute approximate surface area is 443 Å². The molecule has 0 aliphatic heterocycles. The molecule has 0 radical (unpaired) electrons. The van der Waals surface area contributed by atoms with E-state index in [4.69, 9.17) is 14.2 Å². The van der Waals surface area contributed by atoms with Crippen molar-refractivity contribution < 1.29 is 28.6 Å². The number of ether oxygens (including phenoxy) is 3. The van der Waals surface area contributed by atoms with Crippen LogP contribution in [0.3, 0.4) is 0 Å². The van der Waals surface area contributed by atoms with Gasteiger partial charge in [0.25, 0.3) is 0 Å². The van der Waals surface area contributed by atoms with E-state index in [2.05, 4.69) is 142 Å². The van der Waals surface area contributed by atoms with E-state index in [1.54, 1.807) is 0 Å². The first-order chi connectivity index (χ1) is 35.5. The van der Waals surface area contributed by atoms with Crippen LogP contribution in [-0.2, 0) is 28.6 Å². The van der Waals surface area contributed by atoms with Gasteiger partial charge >= 0.3 is 17.9 Å². The zero-order chi connectivity index (χ0) is 52.2. The molecule has 0 rings (SSSR count). The van der Waals surface area contributed by atoms with Crippen LogP contribution in [0.15, 0.2) is 122 Å². The van der Waals surface area contributed by atoms with Gasteiger partial charge in [-0.15, -0.1) is 0 Å². The third kappa shape index (κ3) is 56.7. The molecule has 0 spiro atoms. The maximum absolute atomic E-state index is 12.8. The fourth-order valence-electron chi connectivity index (χ4n) is 7.85. The van der Waals surface area contributed by atoms with E-state index in [1.165, 1.54) is 77.0 Å². The smallest absolute Gasteiger partial charge is 0.306 e. The van der Waals surface area contributed by atoms with Crippen LogP contribution in [0.4, 0.5) is 0 Å². The standard InChI is InChI=1S/C66H108O6/c1-4-7-10-13-16-18-20-22-24-26-28-30-31-32-33-34-35-37-38-40-42-44-46-48-50-53-56-59-65(68)71-62-63(61-70-64(67)58-55-52-15-12-9-6-3)72-66(69)60-57-54-51-49-47-45-43-41-39-36-29-27-25-23-21-19-17-14-11-8-5-2/h7-8,10-11,16-19,22-25,28-30,32-33,36,41,43,63H,4-6,9,12-15,20-21,26-27,31,34-35,37-40,42,44-62H2,1-3H3/b10-7-,11-8-,18-16-,19-17-,24-22-,25-23-,30-28-,33-32-,36-29-,43-41-. The van der Waals surface area contributed by atoms with Crippen molar-refractivity contribution in [1.82, 2.24) is 0 Å². The maximum Gasteiger partial charge on any atom is 0.306 e. The number of rotatable bonds is 52. The van der Waals surface area contributed by atoms with Crippen molar-refractivity contribution in [2.24, 2.45) is 0 Å². The summed E-state index contributed by atoms with van der Waals surface area (Å²) in [4.78, 5) is 37.9. The Balaban J connectivity index is 4.18. The molecule has 0 aromatic carbocycles. The number of carbonyl (C=O) groups excluding carboxylic acids is 3. The quantitative estimate of drug-likeness (QED) is 0.0261. The molecule has 0 saturated carbocycles. The van der Waals surface area contributed by atoms with Gasteiger partial charge in [-0.1, -0.05) is 251 Å². The van der Waals surface area contributed by atoms with Crippen molar-refractivity contribution in [1.29, 1.82) is 0 Å². The van der Waals surface area contributed by atoms with Gasteiger partial charge in [-0.25, -0.2) is 0 Å². The average Bonchev–Trinajstić information content (AvgIpc) is 3.38. The van der Waals surface area contributed by atoms with Gasteiger partial charge in [-0.3, -0.25) is 14.4 Å². The second-order valence-electron chi connectivity index (χ2n) is 19.1. The Morgan fingerprint density at radius 3 is 0.847 bits per heavy atom. The Kier molecular flexibility index (Phi) is 55.9.